The maximum Gasteiger partial charge on any atom is 0.251 e. The highest BCUT2D eigenvalue weighted by atomic mass is 32.2. The summed E-state index contributed by atoms with van der Waals surface area (Å²) in [6.45, 7) is 0.649. The minimum absolute atomic E-state index is 0.205. The average molecular weight is 655 g/mol. The zero-order valence-corrected chi connectivity index (χ0v) is 27.1. The van der Waals surface area contributed by atoms with Gasteiger partial charge in [-0.05, 0) is 97.0 Å². The van der Waals surface area contributed by atoms with Crippen LogP contribution in [-0.2, 0) is 24.5 Å². The van der Waals surface area contributed by atoms with Crippen LogP contribution in [0.4, 0.5) is 4.39 Å². The molecule has 1 aliphatic heterocycles. The number of benzene rings is 3. The van der Waals surface area contributed by atoms with Gasteiger partial charge in [0.15, 0.2) is 9.84 Å². The molecule has 1 saturated heterocycles. The van der Waals surface area contributed by atoms with Crippen molar-refractivity contribution in [1.82, 2.24) is 10.2 Å². The Morgan fingerprint density at radius 3 is 2.00 bits per heavy atom. The fraction of sp³-hybridized carbons (Fsp3) is 0.412. The molecule has 0 unspecified atom stereocenters. The van der Waals surface area contributed by atoms with Crippen LogP contribution in [0.15, 0.2) is 77.7 Å². The van der Waals surface area contributed by atoms with E-state index in [9.17, 15) is 30.8 Å². The fourth-order valence-corrected chi connectivity index (χ4v) is 7.90. The number of carbonyl (C=O) groups excluding carboxylic acids is 2. The molecule has 3 aromatic rings. The summed E-state index contributed by atoms with van der Waals surface area (Å²) in [5, 5.41) is 2.48. The zero-order chi connectivity index (χ0) is 32.4. The van der Waals surface area contributed by atoms with Crippen LogP contribution < -0.4 is 5.32 Å². The van der Waals surface area contributed by atoms with E-state index in [1.807, 2.05) is 12.1 Å². The number of piperidine rings is 1. The van der Waals surface area contributed by atoms with Gasteiger partial charge < -0.3 is 10.2 Å². The Bertz CT molecular complexity index is 1730. The van der Waals surface area contributed by atoms with Crippen LogP contribution in [-0.4, -0.2) is 70.4 Å². The van der Waals surface area contributed by atoms with Crippen LogP contribution in [0, 0.1) is 11.7 Å². The molecule has 5 rings (SSSR count). The number of rotatable bonds is 11. The molecule has 0 bridgehead atoms. The van der Waals surface area contributed by atoms with Crippen molar-refractivity contribution in [3.63, 3.8) is 0 Å². The van der Waals surface area contributed by atoms with E-state index in [0.717, 1.165) is 42.2 Å². The second-order valence-corrected chi connectivity index (χ2v) is 16.7. The summed E-state index contributed by atoms with van der Waals surface area (Å²) in [4.78, 5) is 28.9. The number of hydrogen-bond donors (Lipinski definition) is 1. The number of sulfone groups is 2. The van der Waals surface area contributed by atoms with Crippen LogP contribution in [0.25, 0.3) is 11.1 Å². The van der Waals surface area contributed by atoms with Crippen LogP contribution in [0.2, 0.25) is 0 Å². The van der Waals surface area contributed by atoms with Crippen molar-refractivity contribution in [2.45, 2.75) is 60.6 Å². The summed E-state index contributed by atoms with van der Waals surface area (Å²) >= 11 is 0. The minimum atomic E-state index is -3.30. The van der Waals surface area contributed by atoms with Crippen LogP contribution >= 0.6 is 0 Å². The molecule has 2 fully saturated rings. The molecule has 1 aliphatic carbocycles. The third kappa shape index (κ3) is 8.38. The molecule has 0 radical (unpaired) electrons. The van der Waals surface area contributed by atoms with Gasteiger partial charge in [-0.25, -0.2) is 21.2 Å². The first kappa shape index (κ1) is 32.8. The van der Waals surface area contributed by atoms with Gasteiger partial charge in [-0.2, -0.15) is 0 Å². The van der Waals surface area contributed by atoms with E-state index in [2.05, 4.69) is 5.32 Å². The van der Waals surface area contributed by atoms with Crippen LogP contribution in [0.5, 0.6) is 0 Å². The molecule has 0 spiro atoms. The molecule has 8 nitrogen and oxygen atoms in total. The van der Waals surface area contributed by atoms with Gasteiger partial charge >= 0.3 is 0 Å². The van der Waals surface area contributed by atoms with Crippen molar-refractivity contribution in [2.24, 2.45) is 5.92 Å². The van der Waals surface area contributed by atoms with Crippen molar-refractivity contribution in [3.8, 4) is 11.1 Å². The number of likely N-dealkylation sites (tertiary alicyclic amines) is 1. The molecular formula is C34H39FN2O6S2. The second-order valence-electron chi connectivity index (χ2n) is 12.3. The Labute approximate surface area is 264 Å². The van der Waals surface area contributed by atoms with Crippen LogP contribution in [0.1, 0.15) is 60.4 Å². The highest BCUT2D eigenvalue weighted by Gasteiger charge is 2.38. The average Bonchev–Trinajstić information content (AvgIpc) is 3.79. The molecule has 2 aliphatic rings. The standard InChI is InChI=1S/C34H39FN2O6S2/c1-44(40,41)29-16-12-24(13-17-29)23-6-8-26(9-7-23)33(38)36-32(34(39)37-20-18-30(19-21-37)45(2,42)43)5-3-4-27-22-31(27)25-10-14-28(35)15-11-25/h6-17,27,30-32H,3-5,18-22H2,1-2H3,(H,36,38)/t27-,31+,32+/m1/s1. The molecule has 2 amide bonds. The highest BCUT2D eigenvalue weighted by Crippen LogP contribution is 2.50. The molecule has 1 N–H and O–H groups in total. The van der Waals surface area contributed by atoms with Gasteiger partial charge in [0.1, 0.15) is 21.7 Å². The number of halogens is 1. The first-order valence-corrected chi connectivity index (χ1v) is 19.1. The van der Waals surface area contributed by atoms with E-state index < -0.39 is 31.0 Å². The number of carbonyl (C=O) groups is 2. The number of nitrogens with zero attached hydrogens (tertiary/aromatic N) is 1. The molecule has 1 saturated carbocycles. The lowest BCUT2D eigenvalue weighted by Gasteiger charge is -2.33. The first-order valence-electron chi connectivity index (χ1n) is 15.2. The molecule has 11 heteroatoms. The molecular weight excluding hydrogens is 616 g/mol. The lowest BCUT2D eigenvalue weighted by atomic mass is 10.0. The maximum absolute atomic E-state index is 13.7. The van der Waals surface area contributed by atoms with Gasteiger partial charge in [-0.1, -0.05) is 42.8 Å². The van der Waals surface area contributed by atoms with E-state index in [1.165, 1.54) is 18.4 Å². The normalized spacial score (nSPS) is 19.6. The Balaban J connectivity index is 1.23. The van der Waals surface area contributed by atoms with E-state index >= 15 is 0 Å². The predicted octanol–water partition coefficient (Wildman–Crippen LogP) is 5.00. The number of hydrogen-bond acceptors (Lipinski definition) is 6. The van der Waals surface area contributed by atoms with Gasteiger partial charge in [-0.15, -0.1) is 0 Å². The van der Waals surface area contributed by atoms with Crippen molar-refractivity contribution in [3.05, 3.63) is 89.7 Å². The third-order valence-corrected chi connectivity index (χ3v) is 11.8. The topological polar surface area (TPSA) is 118 Å². The Morgan fingerprint density at radius 1 is 0.867 bits per heavy atom. The minimum Gasteiger partial charge on any atom is -0.341 e. The third-order valence-electron chi connectivity index (χ3n) is 9.01. The maximum atomic E-state index is 13.7. The van der Waals surface area contributed by atoms with Crippen LogP contribution in [0.3, 0.4) is 0 Å². The zero-order valence-electron chi connectivity index (χ0n) is 25.5. The lowest BCUT2D eigenvalue weighted by molar-refractivity contribution is -0.134. The van der Waals surface area contributed by atoms with Gasteiger partial charge in [0, 0.05) is 31.2 Å². The Morgan fingerprint density at radius 2 is 1.44 bits per heavy atom. The van der Waals surface area contributed by atoms with Crippen molar-refractivity contribution in [2.75, 3.05) is 25.6 Å². The van der Waals surface area contributed by atoms with Gasteiger partial charge in [0.25, 0.3) is 5.91 Å². The lowest BCUT2D eigenvalue weighted by Crippen LogP contribution is -2.51. The van der Waals surface area contributed by atoms with E-state index in [4.69, 9.17) is 0 Å². The SMILES string of the molecule is CS(=O)(=O)c1ccc(-c2ccc(C(=O)N[C@@H](CCC[C@@H]3C[C@H]3c3ccc(F)cc3)C(=O)N3CCC(S(C)(=O)=O)CC3)cc2)cc1. The summed E-state index contributed by atoms with van der Waals surface area (Å²) in [5.41, 5.74) is 3.12. The molecule has 45 heavy (non-hydrogen) atoms. The van der Waals surface area contributed by atoms with Gasteiger partial charge in [0.05, 0.1) is 10.1 Å². The van der Waals surface area contributed by atoms with E-state index in [-0.39, 0.29) is 22.5 Å². The summed E-state index contributed by atoms with van der Waals surface area (Å²) in [5.74, 6) is -0.0128. The highest BCUT2D eigenvalue weighted by molar-refractivity contribution is 7.91. The molecule has 1 heterocycles. The fourth-order valence-electron chi connectivity index (χ4n) is 6.20. The predicted molar refractivity (Wildman–Crippen MR) is 172 cm³/mol. The van der Waals surface area contributed by atoms with E-state index in [1.54, 1.807) is 53.4 Å². The van der Waals surface area contributed by atoms with E-state index in [0.29, 0.717) is 49.8 Å². The summed E-state index contributed by atoms with van der Waals surface area (Å²) < 4.78 is 60.9. The molecule has 0 aromatic heterocycles. The molecule has 3 aromatic carbocycles. The van der Waals surface area contributed by atoms with Gasteiger partial charge in [-0.3, -0.25) is 9.59 Å². The second kappa shape index (κ2) is 13.4. The summed E-state index contributed by atoms with van der Waals surface area (Å²) in [6.07, 6.45) is 6.20. The first-order chi connectivity index (χ1) is 21.3. The number of amides is 2. The van der Waals surface area contributed by atoms with Crippen molar-refractivity contribution >= 4 is 31.5 Å². The molecule has 3 atom stereocenters. The molecule has 240 valence electrons. The smallest absolute Gasteiger partial charge is 0.251 e. The monoisotopic (exact) mass is 654 g/mol. The van der Waals surface area contributed by atoms with Gasteiger partial charge in [0.2, 0.25) is 5.91 Å². The Hall–Kier alpha value is -3.57. The summed E-state index contributed by atoms with van der Waals surface area (Å²) in [6, 6.07) is 19.3. The number of nitrogens with one attached hydrogen (secondary N) is 1. The Kier molecular flexibility index (Phi) is 9.79. The van der Waals surface area contributed by atoms with Crippen molar-refractivity contribution in [1.29, 1.82) is 0 Å². The summed E-state index contributed by atoms with van der Waals surface area (Å²) in [7, 11) is -6.49. The van der Waals surface area contributed by atoms with Crippen molar-refractivity contribution < 1.29 is 30.8 Å². The largest absolute Gasteiger partial charge is 0.341 e. The quantitative estimate of drug-likeness (QED) is 0.311.